The van der Waals surface area contributed by atoms with Gasteiger partial charge in [0, 0.05) is 0 Å². The van der Waals surface area contributed by atoms with Crippen LogP contribution in [0.4, 0.5) is 5.69 Å². The highest BCUT2D eigenvalue weighted by atomic mass is 16.5. The summed E-state index contributed by atoms with van der Waals surface area (Å²) in [4.78, 5) is 0. The molecule has 1 aliphatic carbocycles. The van der Waals surface area contributed by atoms with E-state index in [-0.39, 0.29) is 0 Å². The van der Waals surface area contributed by atoms with E-state index in [4.69, 9.17) is 15.7 Å². The summed E-state index contributed by atoms with van der Waals surface area (Å²) in [5.41, 5.74) is 6.59. The summed E-state index contributed by atoms with van der Waals surface area (Å²) in [6.07, 6.45) is 2.48. The largest absolute Gasteiger partial charge is 0.492 e. The second-order valence-electron chi connectivity index (χ2n) is 3.59. The first-order valence-electron chi connectivity index (χ1n) is 4.72. The number of hydrogen-bond acceptors (Lipinski definition) is 3. The zero-order valence-corrected chi connectivity index (χ0v) is 7.86. The third-order valence-electron chi connectivity index (χ3n) is 2.34. The summed E-state index contributed by atoms with van der Waals surface area (Å²) in [7, 11) is 0. The van der Waals surface area contributed by atoms with Gasteiger partial charge in [0.2, 0.25) is 0 Å². The second kappa shape index (κ2) is 3.59. The Kier molecular flexibility index (Phi) is 2.28. The van der Waals surface area contributed by atoms with Crippen molar-refractivity contribution in [2.75, 3.05) is 12.3 Å². The van der Waals surface area contributed by atoms with E-state index in [1.54, 1.807) is 18.2 Å². The van der Waals surface area contributed by atoms with Gasteiger partial charge in [0.15, 0.2) is 0 Å². The molecule has 1 aromatic rings. The Balaban J connectivity index is 2.14. The molecule has 0 heterocycles. The molecule has 0 bridgehead atoms. The Bertz CT molecular complexity index is 377. The number of nitrogen functional groups attached to an aromatic ring is 1. The quantitative estimate of drug-likeness (QED) is 0.737. The minimum absolute atomic E-state index is 0.452. The van der Waals surface area contributed by atoms with Crippen LogP contribution in [0, 0.1) is 17.2 Å². The molecule has 0 saturated heterocycles. The van der Waals surface area contributed by atoms with Crippen LogP contribution in [0.3, 0.4) is 0 Å². The summed E-state index contributed by atoms with van der Waals surface area (Å²) in [6.45, 7) is 0.706. The maximum Gasteiger partial charge on any atom is 0.139 e. The molecule has 0 amide bonds. The molecular weight excluding hydrogens is 176 g/mol. The third kappa shape index (κ3) is 1.80. The van der Waals surface area contributed by atoms with Crippen LogP contribution in [0.25, 0.3) is 0 Å². The van der Waals surface area contributed by atoms with E-state index >= 15 is 0 Å². The predicted octanol–water partition coefficient (Wildman–Crippen LogP) is 1.93. The van der Waals surface area contributed by atoms with Gasteiger partial charge in [-0.3, -0.25) is 0 Å². The Morgan fingerprint density at radius 3 is 2.93 bits per heavy atom. The molecule has 0 aliphatic heterocycles. The summed E-state index contributed by atoms with van der Waals surface area (Å²) >= 11 is 0. The van der Waals surface area contributed by atoms with Crippen LogP contribution in [-0.2, 0) is 0 Å². The number of rotatable bonds is 3. The number of ether oxygens (including phenoxy) is 1. The lowest BCUT2D eigenvalue weighted by molar-refractivity contribution is 0.299. The Morgan fingerprint density at radius 2 is 2.29 bits per heavy atom. The average Bonchev–Trinajstić information content (AvgIpc) is 2.98. The van der Waals surface area contributed by atoms with Crippen LogP contribution < -0.4 is 10.5 Å². The third-order valence-corrected chi connectivity index (χ3v) is 2.34. The van der Waals surface area contributed by atoms with Gasteiger partial charge in [-0.15, -0.1) is 0 Å². The molecule has 1 aliphatic rings. The zero-order chi connectivity index (χ0) is 9.97. The van der Waals surface area contributed by atoms with Gasteiger partial charge in [0.1, 0.15) is 17.4 Å². The zero-order valence-electron chi connectivity index (χ0n) is 7.86. The fourth-order valence-corrected chi connectivity index (χ4v) is 1.28. The maximum absolute atomic E-state index is 8.87. The maximum atomic E-state index is 8.87. The molecule has 0 unspecified atom stereocenters. The highest BCUT2D eigenvalue weighted by Gasteiger charge is 2.22. The molecule has 14 heavy (non-hydrogen) atoms. The number of nitriles is 1. The molecule has 3 nitrogen and oxygen atoms in total. The molecule has 0 aromatic heterocycles. The van der Waals surface area contributed by atoms with Gasteiger partial charge in [0.05, 0.1) is 12.3 Å². The van der Waals surface area contributed by atoms with Crippen molar-refractivity contribution in [2.45, 2.75) is 12.8 Å². The van der Waals surface area contributed by atoms with Crippen molar-refractivity contribution in [2.24, 2.45) is 5.92 Å². The first-order valence-corrected chi connectivity index (χ1v) is 4.72. The normalized spacial score (nSPS) is 14.8. The van der Waals surface area contributed by atoms with E-state index in [0.29, 0.717) is 29.5 Å². The summed E-state index contributed by atoms with van der Waals surface area (Å²) in [6, 6.07) is 7.36. The number of hydrogen-bond donors (Lipinski definition) is 1. The first kappa shape index (κ1) is 8.89. The molecular formula is C11H12N2O. The molecule has 0 radical (unpaired) electrons. The molecule has 2 rings (SSSR count). The van der Waals surface area contributed by atoms with Crippen molar-refractivity contribution in [1.29, 1.82) is 5.26 Å². The first-order chi connectivity index (χ1) is 6.81. The smallest absolute Gasteiger partial charge is 0.139 e. The lowest BCUT2D eigenvalue weighted by Crippen LogP contribution is -2.02. The van der Waals surface area contributed by atoms with Crippen LogP contribution in [0.1, 0.15) is 18.4 Å². The number of nitrogens with two attached hydrogens (primary N) is 1. The van der Waals surface area contributed by atoms with E-state index in [9.17, 15) is 0 Å². The summed E-state index contributed by atoms with van der Waals surface area (Å²) < 4.78 is 5.53. The van der Waals surface area contributed by atoms with Crippen LogP contribution in [0.15, 0.2) is 18.2 Å². The fraction of sp³-hybridized carbons (Fsp3) is 0.364. The number of nitrogens with zero attached hydrogens (tertiary/aromatic N) is 1. The van der Waals surface area contributed by atoms with Crippen LogP contribution in [0.5, 0.6) is 5.75 Å². The van der Waals surface area contributed by atoms with E-state index in [2.05, 4.69) is 6.07 Å². The molecule has 3 heteroatoms. The minimum Gasteiger partial charge on any atom is -0.492 e. The van der Waals surface area contributed by atoms with Crippen LogP contribution >= 0.6 is 0 Å². The van der Waals surface area contributed by atoms with Gasteiger partial charge in [-0.25, -0.2) is 0 Å². The van der Waals surface area contributed by atoms with E-state index in [0.717, 1.165) is 0 Å². The fourth-order valence-electron chi connectivity index (χ4n) is 1.28. The van der Waals surface area contributed by atoms with Gasteiger partial charge in [0.25, 0.3) is 0 Å². The minimum atomic E-state index is 0.452. The number of anilines is 1. The Morgan fingerprint density at radius 1 is 1.50 bits per heavy atom. The van der Waals surface area contributed by atoms with Gasteiger partial charge in [-0.2, -0.15) is 5.26 Å². The molecule has 1 saturated carbocycles. The predicted molar refractivity (Wildman–Crippen MR) is 53.8 cm³/mol. The van der Waals surface area contributed by atoms with Crippen molar-refractivity contribution in [3.05, 3.63) is 23.8 Å². The summed E-state index contributed by atoms with van der Waals surface area (Å²) in [5, 5.41) is 8.87. The summed E-state index contributed by atoms with van der Waals surface area (Å²) in [5.74, 6) is 1.29. The Labute approximate surface area is 83.1 Å². The lowest BCUT2D eigenvalue weighted by atomic mass is 10.2. The van der Waals surface area contributed by atoms with Gasteiger partial charge < -0.3 is 10.5 Å². The standard InChI is InChI=1S/C11H12N2O/c12-6-9-10(13)2-1-3-11(9)14-7-8-4-5-8/h1-3,8H,4-5,7,13H2. The van der Waals surface area contributed by atoms with Crippen molar-refractivity contribution in [1.82, 2.24) is 0 Å². The topological polar surface area (TPSA) is 59.0 Å². The SMILES string of the molecule is N#Cc1c(N)cccc1OCC1CC1. The van der Waals surface area contributed by atoms with Crippen molar-refractivity contribution in [3.8, 4) is 11.8 Å². The molecule has 0 spiro atoms. The highest BCUT2D eigenvalue weighted by molar-refractivity contribution is 5.60. The van der Waals surface area contributed by atoms with E-state index < -0.39 is 0 Å². The molecule has 1 fully saturated rings. The molecule has 2 N–H and O–H groups in total. The Hall–Kier alpha value is -1.69. The highest BCUT2D eigenvalue weighted by Crippen LogP contribution is 2.31. The van der Waals surface area contributed by atoms with E-state index in [1.807, 2.05) is 0 Å². The van der Waals surface area contributed by atoms with Crippen molar-refractivity contribution >= 4 is 5.69 Å². The van der Waals surface area contributed by atoms with Crippen molar-refractivity contribution in [3.63, 3.8) is 0 Å². The van der Waals surface area contributed by atoms with Crippen LogP contribution in [0.2, 0.25) is 0 Å². The number of benzene rings is 1. The van der Waals surface area contributed by atoms with Crippen molar-refractivity contribution < 1.29 is 4.74 Å². The van der Waals surface area contributed by atoms with Gasteiger partial charge in [-0.05, 0) is 30.9 Å². The molecule has 72 valence electrons. The van der Waals surface area contributed by atoms with Gasteiger partial charge in [-0.1, -0.05) is 6.07 Å². The van der Waals surface area contributed by atoms with Gasteiger partial charge >= 0.3 is 0 Å². The average molecular weight is 188 g/mol. The second-order valence-corrected chi connectivity index (χ2v) is 3.59. The van der Waals surface area contributed by atoms with E-state index in [1.165, 1.54) is 12.8 Å². The molecule has 1 aromatic carbocycles. The monoisotopic (exact) mass is 188 g/mol. The lowest BCUT2D eigenvalue weighted by Gasteiger charge is -2.07. The molecule has 0 atom stereocenters. The van der Waals surface area contributed by atoms with Crippen LogP contribution in [-0.4, -0.2) is 6.61 Å².